The van der Waals surface area contributed by atoms with Gasteiger partial charge in [-0.25, -0.2) is 23.1 Å². The number of primary amides is 1. The quantitative estimate of drug-likeness (QED) is 0.333. The molecule has 1 aliphatic heterocycles. The minimum Gasteiger partial charge on any atom is -0.382 e. The number of anilines is 3. The van der Waals surface area contributed by atoms with E-state index in [0.717, 1.165) is 50.6 Å². The summed E-state index contributed by atoms with van der Waals surface area (Å²) in [5, 5.41) is 4.33. The summed E-state index contributed by atoms with van der Waals surface area (Å²) in [6.45, 7) is 4.56. The van der Waals surface area contributed by atoms with Gasteiger partial charge in [0.15, 0.2) is 5.82 Å². The largest absolute Gasteiger partial charge is 0.416 e. The standard InChI is InChI=1S/C27H27F5N8O/c1-37-8-10-38(11-9-37)7-6-18-14-19(24-25(33)35-15-36-40(18)24)16-2-5-22(21(29)12-16)39(26(34)41)23-13-17(27(30,31)32)3-4-20(23)28/h2-5,12-15H,6-11H2,1H3,(H2,34,41)(H2,33,35,36). The first-order chi connectivity index (χ1) is 19.4. The summed E-state index contributed by atoms with van der Waals surface area (Å²) in [5.41, 5.74) is 11.1. The highest BCUT2D eigenvalue weighted by Gasteiger charge is 2.33. The van der Waals surface area contributed by atoms with Crippen molar-refractivity contribution in [3.8, 4) is 11.1 Å². The Balaban J connectivity index is 1.51. The zero-order chi connectivity index (χ0) is 29.5. The molecule has 216 valence electrons. The molecule has 2 aromatic carbocycles. The Hall–Kier alpha value is -4.30. The van der Waals surface area contributed by atoms with Gasteiger partial charge in [-0.3, -0.25) is 4.90 Å². The minimum absolute atomic E-state index is 0.162. The van der Waals surface area contributed by atoms with Gasteiger partial charge >= 0.3 is 12.2 Å². The summed E-state index contributed by atoms with van der Waals surface area (Å²) in [4.78, 5) is 21.3. The number of urea groups is 1. The molecule has 0 atom stereocenters. The number of carbonyl (C=O) groups excluding carboxylic acids is 1. The van der Waals surface area contributed by atoms with Crippen LogP contribution in [0.25, 0.3) is 16.6 Å². The Kier molecular flexibility index (Phi) is 7.53. The number of amides is 2. The molecule has 0 saturated carbocycles. The Labute approximate surface area is 231 Å². The van der Waals surface area contributed by atoms with Crippen molar-refractivity contribution in [1.29, 1.82) is 0 Å². The summed E-state index contributed by atoms with van der Waals surface area (Å²) in [6.07, 6.45) is -2.87. The topological polar surface area (TPSA) is 109 Å². The predicted molar refractivity (Wildman–Crippen MR) is 144 cm³/mol. The molecular formula is C27H27F5N8O. The predicted octanol–water partition coefficient (Wildman–Crippen LogP) is 4.28. The van der Waals surface area contributed by atoms with Gasteiger partial charge in [-0.2, -0.15) is 18.3 Å². The molecule has 3 heterocycles. The Morgan fingerprint density at radius 2 is 1.73 bits per heavy atom. The van der Waals surface area contributed by atoms with E-state index in [1.54, 1.807) is 4.52 Å². The molecule has 0 bridgehead atoms. The van der Waals surface area contributed by atoms with Crippen molar-refractivity contribution in [1.82, 2.24) is 24.4 Å². The first-order valence-corrected chi connectivity index (χ1v) is 12.7. The van der Waals surface area contributed by atoms with Crippen molar-refractivity contribution in [2.45, 2.75) is 12.6 Å². The first kappa shape index (κ1) is 28.2. The van der Waals surface area contributed by atoms with E-state index < -0.39 is 40.8 Å². The summed E-state index contributed by atoms with van der Waals surface area (Å²) in [6, 6.07) is 5.57. The monoisotopic (exact) mass is 574 g/mol. The molecule has 41 heavy (non-hydrogen) atoms. The molecule has 0 radical (unpaired) electrons. The molecule has 0 unspecified atom stereocenters. The number of likely N-dealkylation sites (N-methyl/N-ethyl adjacent to an activating group) is 1. The van der Waals surface area contributed by atoms with Crippen LogP contribution in [0.4, 0.5) is 43.9 Å². The molecule has 1 fully saturated rings. The van der Waals surface area contributed by atoms with Crippen LogP contribution in [-0.2, 0) is 12.6 Å². The highest BCUT2D eigenvalue weighted by Crippen LogP contribution is 2.38. The number of nitrogens with zero attached hydrogens (tertiary/aromatic N) is 6. The molecule has 2 aromatic heterocycles. The van der Waals surface area contributed by atoms with Gasteiger partial charge < -0.3 is 21.3 Å². The molecule has 14 heteroatoms. The number of benzene rings is 2. The van der Waals surface area contributed by atoms with Gasteiger partial charge in [0, 0.05) is 50.4 Å². The maximum absolute atomic E-state index is 15.6. The van der Waals surface area contributed by atoms with Crippen molar-refractivity contribution in [3.05, 3.63) is 71.7 Å². The fourth-order valence-electron chi connectivity index (χ4n) is 4.96. The van der Waals surface area contributed by atoms with Crippen LogP contribution in [-0.4, -0.2) is 70.2 Å². The second-order valence-corrected chi connectivity index (χ2v) is 9.85. The number of rotatable bonds is 6. The van der Waals surface area contributed by atoms with Crippen LogP contribution >= 0.6 is 0 Å². The van der Waals surface area contributed by atoms with Crippen LogP contribution in [0.2, 0.25) is 0 Å². The first-order valence-electron chi connectivity index (χ1n) is 12.7. The van der Waals surface area contributed by atoms with Crippen LogP contribution in [0.15, 0.2) is 48.8 Å². The van der Waals surface area contributed by atoms with Crippen molar-refractivity contribution < 1.29 is 26.7 Å². The van der Waals surface area contributed by atoms with Gasteiger partial charge in [-0.05, 0) is 49.0 Å². The van der Waals surface area contributed by atoms with Crippen LogP contribution in [0, 0.1) is 11.6 Å². The third-order valence-corrected chi connectivity index (χ3v) is 7.17. The third-order valence-electron chi connectivity index (χ3n) is 7.17. The van der Waals surface area contributed by atoms with E-state index in [1.165, 1.54) is 12.4 Å². The van der Waals surface area contributed by atoms with Gasteiger partial charge in [0.2, 0.25) is 0 Å². The lowest BCUT2D eigenvalue weighted by Gasteiger charge is -2.32. The van der Waals surface area contributed by atoms with E-state index in [9.17, 15) is 22.4 Å². The normalized spacial score (nSPS) is 15.0. The second-order valence-electron chi connectivity index (χ2n) is 9.85. The molecule has 4 N–H and O–H groups in total. The molecule has 1 saturated heterocycles. The maximum atomic E-state index is 15.6. The highest BCUT2D eigenvalue weighted by molar-refractivity contribution is 5.99. The van der Waals surface area contributed by atoms with E-state index in [1.807, 2.05) is 6.07 Å². The van der Waals surface area contributed by atoms with E-state index in [-0.39, 0.29) is 5.82 Å². The van der Waals surface area contributed by atoms with Crippen LogP contribution < -0.4 is 16.4 Å². The number of halogens is 5. The Bertz CT molecular complexity index is 1600. The smallest absolute Gasteiger partial charge is 0.382 e. The lowest BCUT2D eigenvalue weighted by molar-refractivity contribution is -0.137. The van der Waals surface area contributed by atoms with Gasteiger partial charge in [0.05, 0.1) is 16.9 Å². The summed E-state index contributed by atoms with van der Waals surface area (Å²) >= 11 is 0. The van der Waals surface area contributed by atoms with E-state index in [2.05, 4.69) is 26.9 Å². The number of aromatic nitrogens is 3. The Morgan fingerprint density at radius 3 is 2.39 bits per heavy atom. The minimum atomic E-state index is -4.82. The summed E-state index contributed by atoms with van der Waals surface area (Å²) < 4.78 is 71.6. The number of piperazine rings is 1. The Morgan fingerprint density at radius 1 is 1.00 bits per heavy atom. The molecule has 1 aliphatic rings. The van der Waals surface area contributed by atoms with E-state index >= 15 is 4.39 Å². The number of fused-ring (bicyclic) bond motifs is 1. The molecule has 9 nitrogen and oxygen atoms in total. The maximum Gasteiger partial charge on any atom is 0.416 e. The van der Waals surface area contributed by atoms with E-state index in [0.29, 0.717) is 46.2 Å². The second kappa shape index (κ2) is 10.9. The fraction of sp³-hybridized carbons (Fsp3) is 0.296. The van der Waals surface area contributed by atoms with Crippen molar-refractivity contribution >= 4 is 28.7 Å². The van der Waals surface area contributed by atoms with Gasteiger partial charge in [0.25, 0.3) is 0 Å². The number of nitrogen functional groups attached to an aromatic ring is 1. The zero-order valence-electron chi connectivity index (χ0n) is 22.0. The van der Waals surface area contributed by atoms with Crippen molar-refractivity contribution in [3.63, 3.8) is 0 Å². The van der Waals surface area contributed by atoms with Crippen LogP contribution in [0.5, 0.6) is 0 Å². The number of alkyl halides is 3. The van der Waals surface area contributed by atoms with Gasteiger partial charge in [0.1, 0.15) is 23.5 Å². The van der Waals surface area contributed by atoms with Gasteiger partial charge in [-0.1, -0.05) is 6.07 Å². The van der Waals surface area contributed by atoms with Gasteiger partial charge in [-0.15, -0.1) is 0 Å². The molecule has 2 amide bonds. The number of hydrogen-bond acceptors (Lipinski definition) is 6. The fourth-order valence-corrected chi connectivity index (χ4v) is 4.96. The molecule has 5 rings (SSSR count). The number of carbonyl (C=O) groups is 1. The summed E-state index contributed by atoms with van der Waals surface area (Å²) in [7, 11) is 2.08. The SMILES string of the molecule is CN1CCN(CCc2cc(-c3ccc(N(C(N)=O)c4cc(C(F)(F)F)ccc4F)c(F)c3)c3c(N)ncnn23)CC1. The highest BCUT2D eigenvalue weighted by atomic mass is 19.4. The van der Waals surface area contributed by atoms with Crippen LogP contribution in [0.3, 0.4) is 0 Å². The molecular weight excluding hydrogens is 547 g/mol. The average molecular weight is 575 g/mol. The molecule has 0 aliphatic carbocycles. The molecule has 0 spiro atoms. The van der Waals surface area contributed by atoms with Crippen LogP contribution in [0.1, 0.15) is 11.3 Å². The third kappa shape index (κ3) is 5.65. The number of hydrogen-bond donors (Lipinski definition) is 2. The lowest BCUT2D eigenvalue weighted by Crippen LogP contribution is -2.45. The zero-order valence-corrected chi connectivity index (χ0v) is 22.0. The van der Waals surface area contributed by atoms with Crippen molar-refractivity contribution in [2.24, 2.45) is 5.73 Å². The molecule has 4 aromatic rings. The van der Waals surface area contributed by atoms with E-state index in [4.69, 9.17) is 11.5 Å². The number of nitrogens with two attached hydrogens (primary N) is 2. The lowest BCUT2D eigenvalue weighted by atomic mass is 10.0. The average Bonchev–Trinajstić information content (AvgIpc) is 3.29. The summed E-state index contributed by atoms with van der Waals surface area (Å²) in [5.74, 6) is -2.05. The van der Waals surface area contributed by atoms with Crippen molar-refractivity contribution in [2.75, 3.05) is 50.4 Å².